The molecule has 0 heterocycles. The summed E-state index contributed by atoms with van der Waals surface area (Å²) in [6, 6.07) is 6.27. The van der Waals surface area contributed by atoms with Gasteiger partial charge < -0.3 is 5.73 Å². The lowest BCUT2D eigenvalue weighted by atomic mass is 9.90. The number of fused-ring (bicyclic) bond motifs is 2. The van der Waals surface area contributed by atoms with Crippen LogP contribution in [0.15, 0.2) is 23.1 Å². The molecule has 2 N–H and O–H groups in total. The maximum Gasteiger partial charge on any atom is 0.0325 e. The number of thioether (sulfide) groups is 1. The average molecular weight is 247 g/mol. The maximum absolute atomic E-state index is 5.86. The van der Waals surface area contributed by atoms with Gasteiger partial charge in [-0.3, -0.25) is 0 Å². The van der Waals surface area contributed by atoms with Crippen LogP contribution in [0.4, 0.5) is 5.69 Å². The van der Waals surface area contributed by atoms with E-state index in [2.05, 4.69) is 19.1 Å². The minimum Gasteiger partial charge on any atom is -0.399 e. The van der Waals surface area contributed by atoms with Gasteiger partial charge in [0, 0.05) is 16.3 Å². The Kier molecular flexibility index (Phi) is 3.08. The van der Waals surface area contributed by atoms with Crippen molar-refractivity contribution in [3.8, 4) is 0 Å². The third-order valence-corrected chi connectivity index (χ3v) is 5.90. The Labute approximate surface area is 108 Å². The molecule has 3 unspecified atom stereocenters. The van der Waals surface area contributed by atoms with Gasteiger partial charge in [-0.1, -0.05) is 12.5 Å². The number of rotatable bonds is 3. The minimum atomic E-state index is 0.894. The molecule has 17 heavy (non-hydrogen) atoms. The van der Waals surface area contributed by atoms with Crippen molar-refractivity contribution >= 4 is 17.4 Å². The van der Waals surface area contributed by atoms with Gasteiger partial charge in [0.25, 0.3) is 0 Å². The van der Waals surface area contributed by atoms with Gasteiger partial charge in [-0.2, -0.15) is 0 Å². The lowest BCUT2D eigenvalue weighted by Crippen LogP contribution is -2.12. The van der Waals surface area contributed by atoms with Crippen LogP contribution in [0.1, 0.15) is 31.2 Å². The molecular formula is C15H21NS. The van der Waals surface area contributed by atoms with Crippen LogP contribution in [0.25, 0.3) is 0 Å². The van der Waals surface area contributed by atoms with Gasteiger partial charge in [0.15, 0.2) is 0 Å². The fourth-order valence-corrected chi connectivity index (χ4v) is 4.87. The van der Waals surface area contributed by atoms with Crippen LogP contribution in [-0.4, -0.2) is 5.75 Å². The fraction of sp³-hybridized carbons (Fsp3) is 0.600. The second kappa shape index (κ2) is 4.56. The molecule has 1 aromatic rings. The Hall–Kier alpha value is -0.630. The first-order valence-electron chi connectivity index (χ1n) is 6.71. The Morgan fingerprint density at radius 3 is 2.88 bits per heavy atom. The molecule has 92 valence electrons. The second-order valence-electron chi connectivity index (χ2n) is 5.77. The van der Waals surface area contributed by atoms with Crippen LogP contribution in [0.3, 0.4) is 0 Å². The van der Waals surface area contributed by atoms with Gasteiger partial charge in [0.1, 0.15) is 0 Å². The van der Waals surface area contributed by atoms with Crippen LogP contribution >= 0.6 is 11.8 Å². The van der Waals surface area contributed by atoms with E-state index in [1.54, 1.807) is 0 Å². The van der Waals surface area contributed by atoms with Crippen molar-refractivity contribution in [2.45, 2.75) is 37.5 Å². The minimum absolute atomic E-state index is 0.894. The van der Waals surface area contributed by atoms with E-state index in [0.717, 1.165) is 23.4 Å². The molecule has 3 rings (SSSR count). The largest absolute Gasteiger partial charge is 0.399 e. The zero-order valence-corrected chi connectivity index (χ0v) is 11.3. The summed E-state index contributed by atoms with van der Waals surface area (Å²) in [5, 5.41) is 0. The maximum atomic E-state index is 5.86. The first kappa shape index (κ1) is 11.5. The zero-order valence-electron chi connectivity index (χ0n) is 10.5. The van der Waals surface area contributed by atoms with Gasteiger partial charge in [-0.25, -0.2) is 0 Å². The lowest BCUT2D eigenvalue weighted by Gasteiger charge is -2.21. The van der Waals surface area contributed by atoms with Crippen molar-refractivity contribution in [1.29, 1.82) is 0 Å². The summed E-state index contributed by atoms with van der Waals surface area (Å²) < 4.78 is 0. The molecule has 2 saturated carbocycles. The Bertz CT molecular complexity index is 415. The highest BCUT2D eigenvalue weighted by Crippen LogP contribution is 2.49. The number of hydrogen-bond acceptors (Lipinski definition) is 2. The van der Waals surface area contributed by atoms with E-state index < -0.39 is 0 Å². The van der Waals surface area contributed by atoms with Crippen molar-refractivity contribution in [2.75, 3.05) is 11.5 Å². The summed E-state index contributed by atoms with van der Waals surface area (Å²) in [4.78, 5) is 1.38. The van der Waals surface area contributed by atoms with Gasteiger partial charge in [0.2, 0.25) is 0 Å². The topological polar surface area (TPSA) is 26.0 Å². The molecule has 1 aromatic carbocycles. The Morgan fingerprint density at radius 1 is 1.29 bits per heavy atom. The van der Waals surface area contributed by atoms with Gasteiger partial charge in [-0.15, -0.1) is 11.8 Å². The summed E-state index contributed by atoms with van der Waals surface area (Å²) in [5.74, 6) is 4.37. The zero-order chi connectivity index (χ0) is 11.8. The number of nitrogen functional groups attached to an aromatic ring is 1. The van der Waals surface area contributed by atoms with E-state index in [1.807, 2.05) is 17.8 Å². The molecule has 2 fully saturated rings. The molecule has 2 heteroatoms. The van der Waals surface area contributed by atoms with Crippen LogP contribution < -0.4 is 5.73 Å². The monoisotopic (exact) mass is 247 g/mol. The highest BCUT2D eigenvalue weighted by atomic mass is 32.2. The van der Waals surface area contributed by atoms with E-state index in [-0.39, 0.29) is 0 Å². The summed E-state index contributed by atoms with van der Waals surface area (Å²) in [6.45, 7) is 2.18. The Morgan fingerprint density at radius 2 is 2.18 bits per heavy atom. The summed E-state index contributed by atoms with van der Waals surface area (Å²) in [5.41, 5.74) is 8.12. The number of anilines is 1. The second-order valence-corrected chi connectivity index (χ2v) is 6.83. The van der Waals surface area contributed by atoms with Gasteiger partial charge in [-0.05, 0) is 61.6 Å². The Balaban J connectivity index is 1.62. The van der Waals surface area contributed by atoms with Crippen molar-refractivity contribution in [3.05, 3.63) is 23.8 Å². The molecule has 0 aliphatic heterocycles. The molecule has 0 amide bonds. The van der Waals surface area contributed by atoms with Crippen molar-refractivity contribution < 1.29 is 0 Å². The van der Waals surface area contributed by atoms with E-state index in [1.165, 1.54) is 41.9 Å². The van der Waals surface area contributed by atoms with E-state index in [0.29, 0.717) is 0 Å². The smallest absolute Gasteiger partial charge is 0.0325 e. The molecule has 0 saturated heterocycles. The fourth-order valence-electron chi connectivity index (χ4n) is 3.55. The predicted octanol–water partition coefficient (Wildman–Crippen LogP) is 4.11. The molecule has 0 radical (unpaired) electrons. The van der Waals surface area contributed by atoms with Crippen LogP contribution in [-0.2, 0) is 0 Å². The summed E-state index contributed by atoms with van der Waals surface area (Å²) >= 11 is 2.02. The predicted molar refractivity (Wildman–Crippen MR) is 75.3 cm³/mol. The molecule has 2 bridgehead atoms. The first-order chi connectivity index (χ1) is 8.22. The summed E-state index contributed by atoms with van der Waals surface area (Å²) in [6.07, 6.45) is 6.00. The molecule has 3 atom stereocenters. The normalized spacial score (nSPS) is 31.0. The molecule has 2 aliphatic rings. The number of nitrogens with two attached hydrogens (primary N) is 1. The SMILES string of the molecule is Cc1ccc(N)cc1SCC1CC2CCC1C2. The van der Waals surface area contributed by atoms with Crippen LogP contribution in [0, 0.1) is 24.7 Å². The molecule has 0 aromatic heterocycles. The highest BCUT2D eigenvalue weighted by molar-refractivity contribution is 7.99. The van der Waals surface area contributed by atoms with E-state index in [4.69, 9.17) is 5.73 Å². The summed E-state index contributed by atoms with van der Waals surface area (Å²) in [7, 11) is 0. The average Bonchev–Trinajstić information content (AvgIpc) is 2.92. The first-order valence-corrected chi connectivity index (χ1v) is 7.70. The van der Waals surface area contributed by atoms with Gasteiger partial charge in [0.05, 0.1) is 0 Å². The quantitative estimate of drug-likeness (QED) is 0.642. The number of aryl methyl sites for hydroxylation is 1. The number of hydrogen-bond donors (Lipinski definition) is 1. The lowest BCUT2D eigenvalue weighted by molar-refractivity contribution is 0.365. The standard InChI is InChI=1S/C15H21NS/c1-10-2-5-14(16)8-15(10)17-9-13-7-11-3-4-12(13)6-11/h2,5,8,11-13H,3-4,6-7,9,16H2,1H3. The molecule has 2 aliphatic carbocycles. The number of benzene rings is 1. The van der Waals surface area contributed by atoms with Gasteiger partial charge >= 0.3 is 0 Å². The van der Waals surface area contributed by atoms with Crippen LogP contribution in [0.2, 0.25) is 0 Å². The van der Waals surface area contributed by atoms with Crippen molar-refractivity contribution in [2.24, 2.45) is 17.8 Å². The molecule has 1 nitrogen and oxygen atoms in total. The molecule has 0 spiro atoms. The van der Waals surface area contributed by atoms with E-state index in [9.17, 15) is 0 Å². The third kappa shape index (κ3) is 2.33. The third-order valence-electron chi connectivity index (χ3n) is 4.55. The molecular weight excluding hydrogens is 226 g/mol. The van der Waals surface area contributed by atoms with Crippen molar-refractivity contribution in [3.63, 3.8) is 0 Å². The highest BCUT2D eigenvalue weighted by Gasteiger charge is 2.39. The van der Waals surface area contributed by atoms with Crippen LogP contribution in [0.5, 0.6) is 0 Å². The van der Waals surface area contributed by atoms with E-state index >= 15 is 0 Å². The van der Waals surface area contributed by atoms with Crippen molar-refractivity contribution in [1.82, 2.24) is 0 Å².